The molecule has 3 heterocycles. The molecule has 0 N–H and O–H groups in total. The number of piperazine rings is 1. The van der Waals surface area contributed by atoms with Gasteiger partial charge in [-0.05, 0) is 64.7 Å². The van der Waals surface area contributed by atoms with Crippen molar-refractivity contribution in [2.75, 3.05) is 60.9 Å². The van der Waals surface area contributed by atoms with Crippen molar-refractivity contribution in [1.29, 1.82) is 0 Å². The summed E-state index contributed by atoms with van der Waals surface area (Å²) in [6, 6.07) is 13.6. The van der Waals surface area contributed by atoms with Crippen LogP contribution < -0.4 is 23.7 Å². The van der Waals surface area contributed by atoms with Crippen LogP contribution in [0.25, 0.3) is 6.08 Å². The Labute approximate surface area is 276 Å². The van der Waals surface area contributed by atoms with Crippen molar-refractivity contribution in [1.82, 2.24) is 9.80 Å². The summed E-state index contributed by atoms with van der Waals surface area (Å²) in [5, 5.41) is 10.9. The number of nitro benzene ring substituents is 1. The predicted molar refractivity (Wildman–Crippen MR) is 171 cm³/mol. The first kappa shape index (κ1) is 31.3. The monoisotopic (exact) mass is 657 g/mol. The molecule has 0 bridgehead atoms. The molecular weight excluding hydrogens is 622 g/mol. The summed E-state index contributed by atoms with van der Waals surface area (Å²) in [6.45, 7) is 2.52. The fourth-order valence-corrected chi connectivity index (χ4v) is 7.48. The summed E-state index contributed by atoms with van der Waals surface area (Å²) in [7, 11) is 4.67. The van der Waals surface area contributed by atoms with Crippen LogP contribution in [-0.2, 0) is 14.3 Å². The summed E-state index contributed by atoms with van der Waals surface area (Å²) >= 11 is 0. The number of hydrogen-bond acceptors (Lipinski definition) is 11. The fourth-order valence-electron chi connectivity index (χ4n) is 7.48. The smallest absolute Gasteiger partial charge is 0.310 e. The molecule has 0 unspecified atom stereocenters. The van der Waals surface area contributed by atoms with E-state index in [1.54, 1.807) is 44.4 Å². The zero-order valence-electron chi connectivity index (χ0n) is 26.7. The number of methoxy groups -OCH3 is 3. The minimum atomic E-state index is -0.491. The van der Waals surface area contributed by atoms with E-state index in [0.29, 0.717) is 60.5 Å². The average Bonchev–Trinajstić information content (AvgIpc) is 3.74. The zero-order valence-corrected chi connectivity index (χ0v) is 26.7. The van der Waals surface area contributed by atoms with Crippen molar-refractivity contribution >= 4 is 23.6 Å². The van der Waals surface area contributed by atoms with Gasteiger partial charge in [0.15, 0.2) is 23.0 Å². The molecule has 7 rings (SSSR count). The van der Waals surface area contributed by atoms with E-state index in [2.05, 4.69) is 4.90 Å². The third-order valence-electron chi connectivity index (χ3n) is 9.74. The number of nitro groups is 1. The van der Waals surface area contributed by atoms with E-state index < -0.39 is 10.8 Å². The first-order chi connectivity index (χ1) is 23.3. The number of carbonyl (C=O) groups excluding carboxylic acids is 2. The van der Waals surface area contributed by atoms with E-state index in [1.165, 1.54) is 18.2 Å². The van der Waals surface area contributed by atoms with Crippen LogP contribution in [0.1, 0.15) is 34.2 Å². The van der Waals surface area contributed by atoms with Gasteiger partial charge in [-0.3, -0.25) is 24.6 Å². The van der Waals surface area contributed by atoms with Crippen LogP contribution >= 0.6 is 0 Å². The average molecular weight is 658 g/mol. The fraction of sp³-hybridized carbons (Fsp3) is 0.371. The third kappa shape index (κ3) is 5.43. The van der Waals surface area contributed by atoms with Gasteiger partial charge in [0.2, 0.25) is 18.4 Å². The number of nitrogens with zero attached hydrogens (tertiary/aromatic N) is 3. The standard InChI is InChI=1S/C35H35N3O10/c1-43-28-14-21(15-29(44-2)34(28)45-3)31-23-16-26-27(48-19-47-26)17-24(23)33(25-18-46-35(40)32(25)31)37-12-10-36(11-13-37)30(39)9-6-20-4-7-22(8-5-20)38(41)42/h4-9,14-17,25,31-33H,10-13,18-19H2,1-3H3/b9-6+/t25-,31+,32-,33-/m0/s1. The van der Waals surface area contributed by atoms with Gasteiger partial charge in [0.1, 0.15) is 0 Å². The molecule has 2 fully saturated rings. The van der Waals surface area contributed by atoms with Gasteiger partial charge in [-0.2, -0.15) is 0 Å². The topological polar surface area (TPSA) is 139 Å². The molecule has 0 aromatic heterocycles. The van der Waals surface area contributed by atoms with E-state index in [9.17, 15) is 19.7 Å². The molecule has 0 saturated carbocycles. The predicted octanol–water partition coefficient (Wildman–Crippen LogP) is 4.18. The Hall–Kier alpha value is -5.30. The molecule has 3 aromatic carbocycles. The van der Waals surface area contributed by atoms with Gasteiger partial charge >= 0.3 is 5.97 Å². The number of fused-ring (bicyclic) bond motifs is 3. The highest BCUT2D eigenvalue weighted by Gasteiger charge is 2.54. The third-order valence-corrected chi connectivity index (χ3v) is 9.74. The number of rotatable bonds is 8. The highest BCUT2D eigenvalue weighted by Crippen LogP contribution is 2.57. The number of non-ortho nitro benzene ring substituents is 1. The molecule has 3 aromatic rings. The molecule has 0 spiro atoms. The van der Waals surface area contributed by atoms with Gasteiger partial charge in [-0.15, -0.1) is 0 Å². The molecule has 3 aliphatic heterocycles. The zero-order chi connectivity index (χ0) is 33.5. The normalized spacial score (nSPS) is 23.0. The van der Waals surface area contributed by atoms with E-state index in [0.717, 1.165) is 16.7 Å². The molecule has 48 heavy (non-hydrogen) atoms. The lowest BCUT2D eigenvalue weighted by Crippen LogP contribution is -2.52. The molecule has 2 saturated heterocycles. The molecule has 13 nitrogen and oxygen atoms in total. The quantitative estimate of drug-likeness (QED) is 0.149. The van der Waals surface area contributed by atoms with Crippen LogP contribution in [-0.4, -0.2) is 87.5 Å². The number of amides is 1. The van der Waals surface area contributed by atoms with Gasteiger partial charge < -0.3 is 33.3 Å². The summed E-state index contributed by atoms with van der Waals surface area (Å²) in [4.78, 5) is 41.3. The second kappa shape index (κ2) is 12.7. The van der Waals surface area contributed by atoms with Gasteiger partial charge in [-0.1, -0.05) is 0 Å². The van der Waals surface area contributed by atoms with Crippen molar-refractivity contribution in [2.24, 2.45) is 11.8 Å². The number of cyclic esters (lactones) is 1. The number of benzene rings is 3. The summed E-state index contributed by atoms with van der Waals surface area (Å²) < 4.78 is 34.3. The maximum atomic E-state index is 13.6. The Morgan fingerprint density at radius 1 is 0.896 bits per heavy atom. The molecule has 1 amide bonds. The molecule has 0 radical (unpaired) electrons. The maximum absolute atomic E-state index is 13.6. The summed E-state index contributed by atoms with van der Waals surface area (Å²) in [5.41, 5.74) is 3.48. The molecule has 4 atom stereocenters. The van der Waals surface area contributed by atoms with Crippen LogP contribution in [0.5, 0.6) is 28.7 Å². The van der Waals surface area contributed by atoms with Crippen LogP contribution in [0.2, 0.25) is 0 Å². The van der Waals surface area contributed by atoms with E-state index in [1.807, 2.05) is 24.3 Å². The van der Waals surface area contributed by atoms with E-state index in [-0.39, 0.29) is 48.8 Å². The van der Waals surface area contributed by atoms with Crippen LogP contribution in [0, 0.1) is 22.0 Å². The van der Waals surface area contributed by atoms with Crippen molar-refractivity contribution in [3.8, 4) is 28.7 Å². The second-order valence-corrected chi connectivity index (χ2v) is 12.1. The van der Waals surface area contributed by atoms with Gasteiger partial charge in [0, 0.05) is 62.3 Å². The van der Waals surface area contributed by atoms with Crippen LogP contribution in [0.15, 0.2) is 54.6 Å². The first-order valence-electron chi connectivity index (χ1n) is 15.7. The number of hydrogen-bond donors (Lipinski definition) is 0. The summed E-state index contributed by atoms with van der Waals surface area (Å²) in [5.74, 6) is 1.26. The number of carbonyl (C=O) groups is 2. The van der Waals surface area contributed by atoms with Crippen molar-refractivity contribution < 1.29 is 42.9 Å². The van der Waals surface area contributed by atoms with Crippen molar-refractivity contribution in [2.45, 2.75) is 12.0 Å². The number of ether oxygens (including phenoxy) is 6. The Morgan fingerprint density at radius 3 is 2.15 bits per heavy atom. The van der Waals surface area contributed by atoms with Gasteiger partial charge in [-0.25, -0.2) is 0 Å². The van der Waals surface area contributed by atoms with Crippen LogP contribution in [0.3, 0.4) is 0 Å². The second-order valence-electron chi connectivity index (χ2n) is 12.1. The highest BCUT2D eigenvalue weighted by molar-refractivity contribution is 5.92. The van der Waals surface area contributed by atoms with E-state index >= 15 is 0 Å². The Morgan fingerprint density at radius 2 is 1.54 bits per heavy atom. The van der Waals surface area contributed by atoms with Gasteiger partial charge in [0.05, 0.1) is 38.8 Å². The molecular formula is C35H35N3O10. The lowest BCUT2D eigenvalue weighted by atomic mass is 9.64. The summed E-state index contributed by atoms with van der Waals surface area (Å²) in [6.07, 6.45) is 3.16. The van der Waals surface area contributed by atoms with Crippen molar-refractivity contribution in [3.63, 3.8) is 0 Å². The largest absolute Gasteiger partial charge is 0.493 e. The van der Waals surface area contributed by atoms with E-state index in [4.69, 9.17) is 28.4 Å². The minimum absolute atomic E-state index is 0.00528. The molecule has 250 valence electrons. The SMILES string of the molecule is COc1cc([C@@H]2c3cc4c(cc3[C@H](N3CCN(C(=O)/C=C/c5ccc([N+](=O)[O-])cc5)CC3)[C@H]3COC(=O)[C@H]23)OCO4)cc(OC)c1OC. The molecule has 13 heteroatoms. The highest BCUT2D eigenvalue weighted by atomic mass is 16.7. The Balaban J connectivity index is 1.19. The first-order valence-corrected chi connectivity index (χ1v) is 15.7. The van der Waals surface area contributed by atoms with Gasteiger partial charge in [0.25, 0.3) is 5.69 Å². The molecule has 4 aliphatic rings. The Kier molecular flexibility index (Phi) is 8.29. The van der Waals surface area contributed by atoms with Crippen molar-refractivity contribution in [3.05, 3.63) is 87.0 Å². The molecule has 1 aliphatic carbocycles. The lowest BCUT2D eigenvalue weighted by Gasteiger charge is -2.46. The van der Waals surface area contributed by atoms with Crippen LogP contribution in [0.4, 0.5) is 5.69 Å². The maximum Gasteiger partial charge on any atom is 0.310 e. The Bertz CT molecular complexity index is 1760. The minimum Gasteiger partial charge on any atom is -0.493 e. The lowest BCUT2D eigenvalue weighted by molar-refractivity contribution is -0.384. The number of esters is 1.